The minimum absolute atomic E-state index is 0.0114. The van der Waals surface area contributed by atoms with E-state index in [0.29, 0.717) is 32.0 Å². The van der Waals surface area contributed by atoms with E-state index in [1.807, 2.05) is 53.7 Å². The Kier molecular flexibility index (Phi) is 8.10. The number of carbonyl (C=O) groups excluding carboxylic acids is 2. The number of H-pyrrole nitrogens is 1. The maximum atomic E-state index is 12.7. The number of nitrogens with one attached hydrogen (secondary N) is 2. The van der Waals surface area contributed by atoms with E-state index >= 15 is 0 Å². The molecule has 0 saturated carbocycles. The summed E-state index contributed by atoms with van der Waals surface area (Å²) < 4.78 is 5.32. The minimum Gasteiger partial charge on any atom is -0.379 e. The van der Waals surface area contributed by atoms with Crippen LogP contribution in [0.5, 0.6) is 0 Å². The highest BCUT2D eigenvalue weighted by Gasteiger charge is 2.17. The van der Waals surface area contributed by atoms with Gasteiger partial charge in [-0.3, -0.25) is 14.5 Å². The zero-order valence-electron chi connectivity index (χ0n) is 19.7. The summed E-state index contributed by atoms with van der Waals surface area (Å²) >= 11 is 1.55. The van der Waals surface area contributed by atoms with E-state index < -0.39 is 0 Å². The van der Waals surface area contributed by atoms with Gasteiger partial charge in [-0.05, 0) is 43.7 Å². The molecular weight excluding hydrogens is 450 g/mol. The third-order valence-corrected chi connectivity index (χ3v) is 6.65. The Morgan fingerprint density at radius 3 is 2.65 bits per heavy atom. The number of ether oxygens (including phenoxy) is 1. The second-order valence-electron chi connectivity index (χ2n) is 8.24. The number of aromatic amines is 1. The first-order valence-electron chi connectivity index (χ1n) is 11.7. The maximum Gasteiger partial charge on any atom is 0.270 e. The zero-order valence-corrected chi connectivity index (χ0v) is 20.5. The molecule has 2 aromatic heterocycles. The molecule has 1 fully saturated rings. The van der Waals surface area contributed by atoms with Crippen molar-refractivity contribution in [3.8, 4) is 21.8 Å². The van der Waals surface area contributed by atoms with Crippen molar-refractivity contribution in [2.24, 2.45) is 0 Å². The Hall–Kier alpha value is -3.01. The normalized spacial score (nSPS) is 14.2. The second-order valence-corrected chi connectivity index (χ2v) is 9.10. The first kappa shape index (κ1) is 24.1. The topological polar surface area (TPSA) is 90.6 Å². The smallest absolute Gasteiger partial charge is 0.270 e. The van der Waals surface area contributed by atoms with Crippen molar-refractivity contribution in [1.82, 2.24) is 19.8 Å². The van der Waals surface area contributed by atoms with Gasteiger partial charge in [0.05, 0.1) is 25.5 Å². The van der Waals surface area contributed by atoms with Crippen LogP contribution in [0.1, 0.15) is 30.8 Å². The van der Waals surface area contributed by atoms with Crippen LogP contribution >= 0.6 is 11.3 Å². The van der Waals surface area contributed by atoms with Crippen LogP contribution in [0.2, 0.25) is 0 Å². The lowest BCUT2D eigenvalue weighted by Gasteiger charge is -2.25. The van der Waals surface area contributed by atoms with E-state index in [4.69, 9.17) is 9.72 Å². The molecule has 2 N–H and O–H groups in total. The third kappa shape index (κ3) is 5.91. The molecule has 2 amide bonds. The van der Waals surface area contributed by atoms with Crippen molar-refractivity contribution in [3.05, 3.63) is 47.6 Å². The lowest BCUT2D eigenvalue weighted by atomic mass is 10.2. The van der Waals surface area contributed by atoms with Crippen LogP contribution in [0.3, 0.4) is 0 Å². The second kappa shape index (κ2) is 11.4. The van der Waals surface area contributed by atoms with Crippen LogP contribution in [-0.4, -0.2) is 77.5 Å². The fraction of sp³-hybridized carbons (Fsp3) is 0.400. The first-order valence-corrected chi connectivity index (χ1v) is 12.6. The average Bonchev–Trinajstić information content (AvgIpc) is 3.53. The molecule has 0 bridgehead atoms. The van der Waals surface area contributed by atoms with Crippen molar-refractivity contribution in [2.75, 3.05) is 51.3 Å². The summed E-state index contributed by atoms with van der Waals surface area (Å²) in [5, 5.41) is 5.84. The average molecular weight is 482 g/mol. The Morgan fingerprint density at radius 2 is 1.94 bits per heavy atom. The molecule has 1 aromatic carbocycles. The molecule has 0 aliphatic carbocycles. The van der Waals surface area contributed by atoms with Crippen molar-refractivity contribution in [2.45, 2.75) is 20.3 Å². The van der Waals surface area contributed by atoms with Gasteiger partial charge in [0.2, 0.25) is 5.91 Å². The fourth-order valence-electron chi connectivity index (χ4n) is 3.91. The molecule has 180 valence electrons. The van der Waals surface area contributed by atoms with Gasteiger partial charge in [-0.15, -0.1) is 11.3 Å². The molecule has 0 spiro atoms. The minimum atomic E-state index is -0.0235. The first-order chi connectivity index (χ1) is 16.6. The standard InChI is InChI=1S/C25H31N5O3S/c1-3-9-30(4-2)25(32)21-14-19(15-26-21)22-17-34-24(28-22)18-5-7-20(8-6-18)27-23(31)16-29-10-12-33-13-11-29/h5-8,14-15,17,26H,3-4,9-13,16H2,1-2H3,(H,27,31). The molecular formula is C25H31N5O3S. The van der Waals surface area contributed by atoms with Crippen LogP contribution < -0.4 is 5.32 Å². The highest BCUT2D eigenvalue weighted by Crippen LogP contribution is 2.30. The Morgan fingerprint density at radius 1 is 1.18 bits per heavy atom. The predicted octanol–water partition coefficient (Wildman–Crippen LogP) is 3.95. The molecule has 0 atom stereocenters. The number of anilines is 1. The summed E-state index contributed by atoms with van der Waals surface area (Å²) in [6.07, 6.45) is 2.76. The predicted molar refractivity (Wildman–Crippen MR) is 135 cm³/mol. The Labute approximate surface area is 203 Å². The van der Waals surface area contributed by atoms with Gasteiger partial charge in [0.15, 0.2) is 0 Å². The van der Waals surface area contributed by atoms with Crippen LogP contribution in [0.4, 0.5) is 5.69 Å². The molecule has 34 heavy (non-hydrogen) atoms. The molecule has 0 radical (unpaired) electrons. The van der Waals surface area contributed by atoms with E-state index in [1.54, 1.807) is 11.3 Å². The van der Waals surface area contributed by atoms with Gasteiger partial charge in [0.25, 0.3) is 5.91 Å². The number of hydrogen-bond donors (Lipinski definition) is 2. The Bertz CT molecular complexity index is 1100. The summed E-state index contributed by atoms with van der Waals surface area (Å²) in [6.45, 7) is 8.78. The molecule has 3 heterocycles. The van der Waals surface area contributed by atoms with E-state index in [9.17, 15) is 9.59 Å². The van der Waals surface area contributed by atoms with E-state index in [-0.39, 0.29) is 11.8 Å². The monoisotopic (exact) mass is 481 g/mol. The molecule has 9 heteroatoms. The molecule has 1 aliphatic rings. The van der Waals surface area contributed by atoms with Crippen molar-refractivity contribution >= 4 is 28.8 Å². The third-order valence-electron chi connectivity index (χ3n) is 5.76. The van der Waals surface area contributed by atoms with E-state index in [1.165, 1.54) is 0 Å². The highest BCUT2D eigenvalue weighted by atomic mass is 32.1. The molecule has 0 unspecified atom stereocenters. The molecule has 8 nitrogen and oxygen atoms in total. The van der Waals surface area contributed by atoms with Gasteiger partial charge in [0.1, 0.15) is 10.7 Å². The molecule has 4 rings (SSSR count). The number of nitrogens with zero attached hydrogens (tertiary/aromatic N) is 3. The number of rotatable bonds is 9. The van der Waals surface area contributed by atoms with Crippen LogP contribution in [0, 0.1) is 0 Å². The Balaban J connectivity index is 1.38. The summed E-state index contributed by atoms with van der Waals surface area (Å²) in [6, 6.07) is 9.58. The number of thiazole rings is 1. The number of amides is 2. The highest BCUT2D eigenvalue weighted by molar-refractivity contribution is 7.13. The molecule has 3 aromatic rings. The fourth-order valence-corrected chi connectivity index (χ4v) is 4.74. The lowest BCUT2D eigenvalue weighted by molar-refractivity contribution is -0.118. The van der Waals surface area contributed by atoms with Crippen molar-refractivity contribution in [3.63, 3.8) is 0 Å². The number of morpholine rings is 1. The van der Waals surface area contributed by atoms with Gasteiger partial charge in [-0.25, -0.2) is 4.98 Å². The SMILES string of the molecule is CCCN(CC)C(=O)c1cc(-c2csc(-c3ccc(NC(=O)CN4CCOCC4)cc3)n2)c[nH]1. The summed E-state index contributed by atoms with van der Waals surface area (Å²) in [4.78, 5) is 36.8. The number of carbonyl (C=O) groups is 2. The summed E-state index contributed by atoms with van der Waals surface area (Å²) in [5.74, 6) is -0.0121. The number of aromatic nitrogens is 2. The van der Waals surface area contributed by atoms with Crippen LogP contribution in [-0.2, 0) is 9.53 Å². The maximum absolute atomic E-state index is 12.7. The zero-order chi connectivity index (χ0) is 23.9. The van der Waals surface area contributed by atoms with Gasteiger partial charge in [-0.1, -0.05) is 6.92 Å². The van der Waals surface area contributed by atoms with Crippen LogP contribution in [0.15, 0.2) is 41.9 Å². The number of benzene rings is 1. The van der Waals surface area contributed by atoms with Crippen LogP contribution in [0.25, 0.3) is 21.8 Å². The van der Waals surface area contributed by atoms with Gasteiger partial charge in [0, 0.05) is 54.6 Å². The number of hydrogen-bond acceptors (Lipinski definition) is 6. The van der Waals surface area contributed by atoms with E-state index in [0.717, 1.165) is 53.6 Å². The summed E-state index contributed by atoms with van der Waals surface area (Å²) in [7, 11) is 0. The molecule has 1 saturated heterocycles. The molecule has 1 aliphatic heterocycles. The van der Waals surface area contributed by atoms with Gasteiger partial charge in [-0.2, -0.15) is 0 Å². The van der Waals surface area contributed by atoms with Crippen molar-refractivity contribution in [1.29, 1.82) is 0 Å². The van der Waals surface area contributed by atoms with Gasteiger partial charge < -0.3 is 19.9 Å². The van der Waals surface area contributed by atoms with E-state index in [2.05, 4.69) is 22.1 Å². The van der Waals surface area contributed by atoms with Gasteiger partial charge >= 0.3 is 0 Å². The largest absolute Gasteiger partial charge is 0.379 e. The van der Waals surface area contributed by atoms with Crippen molar-refractivity contribution < 1.29 is 14.3 Å². The lowest BCUT2D eigenvalue weighted by Crippen LogP contribution is -2.41. The quantitative estimate of drug-likeness (QED) is 0.483. The summed E-state index contributed by atoms with van der Waals surface area (Å²) in [5.41, 5.74) is 4.05.